The average Bonchev–Trinajstić information content (AvgIpc) is 2.38. The Bertz CT molecular complexity index is 615. The van der Waals surface area contributed by atoms with E-state index in [4.69, 9.17) is 5.39 Å². The second kappa shape index (κ2) is 5.27. The quantitative estimate of drug-likeness (QED) is 0.726. The van der Waals surface area contributed by atoms with E-state index in [1.54, 1.807) is 0 Å². The predicted molar refractivity (Wildman–Crippen MR) is 81.4 cm³/mol. The number of hydrogen-bond donors (Lipinski definition) is 0. The first kappa shape index (κ1) is 13.4. The molecule has 0 saturated carbocycles. The fourth-order valence-electron chi connectivity index (χ4n) is 2.73. The molecule has 0 heterocycles. The van der Waals surface area contributed by atoms with Gasteiger partial charge in [0.2, 0.25) is 5.39 Å². The lowest BCUT2D eigenvalue weighted by molar-refractivity contribution is 0.610. The van der Waals surface area contributed by atoms with E-state index in [1.807, 2.05) is 30.3 Å². The number of fused-ring (bicyclic) bond motifs is 1. The molecule has 0 aliphatic carbocycles. The van der Waals surface area contributed by atoms with Crippen molar-refractivity contribution in [1.82, 2.24) is 0 Å². The smallest absolute Gasteiger partial charge is 0.366 e. The van der Waals surface area contributed by atoms with E-state index in [1.165, 1.54) is 5.69 Å². The maximum absolute atomic E-state index is 9.09. The molecule has 0 unspecified atom stereocenters. The van der Waals surface area contributed by atoms with Crippen LogP contribution in [0.25, 0.3) is 15.7 Å². The van der Waals surface area contributed by atoms with Crippen molar-refractivity contribution in [1.29, 1.82) is 5.39 Å². The highest BCUT2D eigenvalue weighted by atomic mass is 15.2. The van der Waals surface area contributed by atoms with Crippen molar-refractivity contribution in [2.75, 3.05) is 4.90 Å². The Morgan fingerprint density at radius 1 is 0.895 bits per heavy atom. The van der Waals surface area contributed by atoms with Crippen LogP contribution >= 0.6 is 0 Å². The molecule has 2 aromatic rings. The molecule has 0 aliphatic rings. The zero-order valence-electron chi connectivity index (χ0n) is 12.0. The summed E-state index contributed by atoms with van der Waals surface area (Å²) in [6.07, 6.45) is 0. The molecule has 0 spiro atoms. The summed E-state index contributed by atoms with van der Waals surface area (Å²) in [4.78, 5) is 5.75. The fraction of sp³-hybridized carbons (Fsp3) is 0.375. The van der Waals surface area contributed by atoms with E-state index in [9.17, 15) is 0 Å². The Hall–Kier alpha value is -2.08. The van der Waals surface area contributed by atoms with Gasteiger partial charge in [-0.15, -0.1) is 0 Å². The zero-order chi connectivity index (χ0) is 14.0. The largest absolute Gasteiger partial charge is 0.392 e. The van der Waals surface area contributed by atoms with Crippen molar-refractivity contribution in [2.24, 2.45) is 0 Å². The molecule has 0 atom stereocenters. The van der Waals surface area contributed by atoms with Crippen LogP contribution in [0.4, 0.5) is 11.4 Å². The highest BCUT2D eigenvalue weighted by Crippen LogP contribution is 2.35. The van der Waals surface area contributed by atoms with Crippen molar-refractivity contribution < 1.29 is 0 Å². The molecule has 0 bridgehead atoms. The van der Waals surface area contributed by atoms with Gasteiger partial charge in [0.15, 0.2) is 4.98 Å². The van der Waals surface area contributed by atoms with Crippen molar-refractivity contribution in [3.05, 3.63) is 41.4 Å². The number of rotatable bonds is 3. The monoisotopic (exact) mass is 254 g/mol. The highest BCUT2D eigenvalue weighted by Gasteiger charge is 2.20. The third-order valence-corrected chi connectivity index (χ3v) is 3.38. The van der Waals surface area contributed by atoms with Gasteiger partial charge >= 0.3 is 5.69 Å². The molecule has 0 radical (unpaired) electrons. The molecule has 19 heavy (non-hydrogen) atoms. The molecule has 0 fully saturated rings. The Balaban J connectivity index is 2.72. The molecule has 98 valence electrons. The summed E-state index contributed by atoms with van der Waals surface area (Å²) < 4.78 is 0. The van der Waals surface area contributed by atoms with Gasteiger partial charge in [0.25, 0.3) is 0 Å². The summed E-state index contributed by atoms with van der Waals surface area (Å²) in [7, 11) is 0. The minimum atomic E-state index is 0.417. The topological polar surface area (TPSA) is 31.4 Å². The van der Waals surface area contributed by atoms with E-state index in [0.29, 0.717) is 17.8 Å². The second-order valence-corrected chi connectivity index (χ2v) is 5.34. The maximum Gasteiger partial charge on any atom is 0.392 e. The van der Waals surface area contributed by atoms with Gasteiger partial charge in [0.05, 0.1) is 5.39 Å². The number of diazo groups is 1. The molecular weight excluding hydrogens is 234 g/mol. The van der Waals surface area contributed by atoms with E-state index in [-0.39, 0.29) is 0 Å². The van der Waals surface area contributed by atoms with E-state index in [2.05, 4.69) is 43.6 Å². The summed E-state index contributed by atoms with van der Waals surface area (Å²) in [5.74, 6) is 0. The van der Waals surface area contributed by atoms with Crippen LogP contribution in [0.3, 0.4) is 0 Å². The van der Waals surface area contributed by atoms with Crippen LogP contribution in [0.5, 0.6) is 0 Å². The SMILES string of the molecule is CC(C)N(c1ccc([N+]#N)c2ccccc12)C(C)C. The first-order chi connectivity index (χ1) is 9.06. The molecule has 3 heteroatoms. The number of anilines is 1. The van der Waals surface area contributed by atoms with E-state index in [0.717, 1.165) is 10.8 Å². The summed E-state index contributed by atoms with van der Waals surface area (Å²) in [5.41, 5.74) is 1.81. The van der Waals surface area contributed by atoms with Crippen LogP contribution in [0, 0.1) is 5.39 Å². The molecule has 0 saturated heterocycles. The van der Waals surface area contributed by atoms with Gasteiger partial charge in [-0.3, -0.25) is 0 Å². The van der Waals surface area contributed by atoms with Crippen molar-refractivity contribution in [3.63, 3.8) is 0 Å². The lowest BCUT2D eigenvalue weighted by Crippen LogP contribution is -2.37. The third kappa shape index (κ3) is 2.39. The summed E-state index contributed by atoms with van der Waals surface area (Å²) >= 11 is 0. The Kier molecular flexibility index (Phi) is 3.71. The molecule has 2 rings (SSSR count). The minimum Gasteiger partial charge on any atom is -0.366 e. The third-order valence-electron chi connectivity index (χ3n) is 3.38. The first-order valence-corrected chi connectivity index (χ1v) is 6.71. The van der Waals surface area contributed by atoms with Crippen molar-refractivity contribution in [3.8, 4) is 0 Å². The fourth-order valence-corrected chi connectivity index (χ4v) is 2.73. The van der Waals surface area contributed by atoms with Crippen molar-refractivity contribution >= 4 is 22.1 Å². The van der Waals surface area contributed by atoms with Gasteiger partial charge in [0.1, 0.15) is 0 Å². The second-order valence-electron chi connectivity index (χ2n) is 5.34. The van der Waals surface area contributed by atoms with Gasteiger partial charge in [-0.2, -0.15) is 0 Å². The zero-order valence-corrected chi connectivity index (χ0v) is 12.0. The molecule has 0 amide bonds. The normalized spacial score (nSPS) is 11.0. The van der Waals surface area contributed by atoms with Crippen LogP contribution in [-0.4, -0.2) is 12.1 Å². The number of nitrogens with zero attached hydrogens (tertiary/aromatic N) is 3. The predicted octanol–water partition coefficient (Wildman–Crippen LogP) is 4.95. The first-order valence-electron chi connectivity index (χ1n) is 6.71. The lowest BCUT2D eigenvalue weighted by Gasteiger charge is -2.33. The highest BCUT2D eigenvalue weighted by molar-refractivity contribution is 6.02. The van der Waals surface area contributed by atoms with Gasteiger partial charge in [0, 0.05) is 29.2 Å². The molecule has 0 aromatic heterocycles. The van der Waals surface area contributed by atoms with Crippen LogP contribution in [0.1, 0.15) is 27.7 Å². The van der Waals surface area contributed by atoms with Crippen LogP contribution in [0.2, 0.25) is 0 Å². The molecule has 0 N–H and O–H groups in total. The molecule has 3 nitrogen and oxygen atoms in total. The summed E-state index contributed by atoms with van der Waals surface area (Å²) in [6.45, 7) is 8.77. The van der Waals surface area contributed by atoms with Gasteiger partial charge in [-0.1, -0.05) is 18.2 Å². The minimum absolute atomic E-state index is 0.417. The number of hydrogen-bond acceptors (Lipinski definition) is 2. The van der Waals surface area contributed by atoms with Crippen molar-refractivity contribution in [2.45, 2.75) is 39.8 Å². The standard InChI is InChI=1S/C16H20N3/c1-11(2)19(12(3)4)16-10-9-15(18-17)13-7-5-6-8-14(13)16/h5-12H,1-4H3/q+1. The molecule has 0 aliphatic heterocycles. The lowest BCUT2D eigenvalue weighted by atomic mass is 10.0. The average molecular weight is 254 g/mol. The Morgan fingerprint density at radius 2 is 1.47 bits per heavy atom. The Morgan fingerprint density at radius 3 is 2.00 bits per heavy atom. The van der Waals surface area contributed by atoms with Crippen LogP contribution < -0.4 is 4.90 Å². The number of benzene rings is 2. The summed E-state index contributed by atoms with van der Waals surface area (Å²) in [6, 6.07) is 12.8. The van der Waals surface area contributed by atoms with Gasteiger partial charge < -0.3 is 4.90 Å². The van der Waals surface area contributed by atoms with E-state index >= 15 is 0 Å². The summed E-state index contributed by atoms with van der Waals surface area (Å²) in [5, 5.41) is 11.2. The van der Waals surface area contributed by atoms with E-state index < -0.39 is 0 Å². The van der Waals surface area contributed by atoms with Crippen LogP contribution in [-0.2, 0) is 0 Å². The van der Waals surface area contributed by atoms with Crippen LogP contribution in [0.15, 0.2) is 36.4 Å². The molecule has 2 aromatic carbocycles. The Labute approximate surface area is 114 Å². The maximum atomic E-state index is 9.09. The van der Waals surface area contributed by atoms with Gasteiger partial charge in [-0.05, 0) is 39.8 Å². The van der Waals surface area contributed by atoms with Gasteiger partial charge in [-0.25, -0.2) is 0 Å². The molecular formula is C16H20N3+.